The van der Waals surface area contributed by atoms with Crippen molar-refractivity contribution < 1.29 is 5.11 Å². The topological polar surface area (TPSA) is 44.0 Å². The highest BCUT2D eigenvalue weighted by atomic mass is 16.3. The van der Waals surface area contributed by atoms with Gasteiger partial charge in [0.05, 0.1) is 19.1 Å². The van der Waals surface area contributed by atoms with Crippen LogP contribution in [0.15, 0.2) is 24.3 Å². The number of allylic oxidation sites excluding steroid dienone is 1. The van der Waals surface area contributed by atoms with E-state index in [0.717, 1.165) is 16.7 Å². The number of rotatable bonds is 3. The van der Waals surface area contributed by atoms with Crippen LogP contribution in [0.2, 0.25) is 0 Å². The molecule has 1 rings (SSSR count). The lowest BCUT2D eigenvalue weighted by Crippen LogP contribution is -1.86. The van der Waals surface area contributed by atoms with Crippen molar-refractivity contribution in [2.75, 3.05) is 0 Å². The zero-order chi connectivity index (χ0) is 10.4. The molecule has 0 fully saturated rings. The molecule has 0 aromatic heterocycles. The van der Waals surface area contributed by atoms with E-state index in [9.17, 15) is 0 Å². The number of aliphatic hydroxyl groups excluding tert-OH is 1. The molecule has 1 aromatic rings. The van der Waals surface area contributed by atoms with Gasteiger partial charge in [-0.05, 0) is 23.6 Å². The molecule has 0 unspecified atom stereocenters. The minimum absolute atomic E-state index is 0.0725. The Bertz CT molecular complexity index is 374. The number of hydrogen-bond acceptors (Lipinski definition) is 2. The normalized spacial score (nSPS) is 10.4. The van der Waals surface area contributed by atoms with E-state index in [0.29, 0.717) is 6.42 Å². The van der Waals surface area contributed by atoms with Crippen LogP contribution in [0.1, 0.15) is 23.1 Å². The Hall–Kier alpha value is -1.59. The van der Waals surface area contributed by atoms with Gasteiger partial charge in [-0.3, -0.25) is 0 Å². The molecule has 14 heavy (non-hydrogen) atoms. The fourth-order valence-electron chi connectivity index (χ4n) is 1.26. The largest absolute Gasteiger partial charge is 0.392 e. The second-order valence-corrected chi connectivity index (χ2v) is 3.11. The molecule has 72 valence electrons. The number of nitrogens with zero attached hydrogens (tertiary/aromatic N) is 1. The van der Waals surface area contributed by atoms with Gasteiger partial charge in [0.2, 0.25) is 0 Å². The summed E-state index contributed by atoms with van der Waals surface area (Å²) in [6, 6.07) is 7.84. The molecule has 0 saturated carbocycles. The van der Waals surface area contributed by atoms with Gasteiger partial charge >= 0.3 is 0 Å². The molecule has 0 aliphatic heterocycles. The van der Waals surface area contributed by atoms with E-state index in [4.69, 9.17) is 10.4 Å². The van der Waals surface area contributed by atoms with E-state index in [1.165, 1.54) is 0 Å². The number of benzene rings is 1. The van der Waals surface area contributed by atoms with Gasteiger partial charge in [-0.2, -0.15) is 5.26 Å². The molecule has 0 heterocycles. The van der Waals surface area contributed by atoms with E-state index in [1.54, 1.807) is 0 Å². The Morgan fingerprint density at radius 3 is 2.86 bits per heavy atom. The SMILES string of the molecule is Cc1cc(CO)ccc1C=CCC#N. The van der Waals surface area contributed by atoms with Crippen LogP contribution in [-0.4, -0.2) is 5.11 Å². The average molecular weight is 187 g/mol. The number of aliphatic hydroxyl groups is 1. The Balaban J connectivity index is 2.85. The highest BCUT2D eigenvalue weighted by Gasteiger charge is 1.95. The predicted molar refractivity (Wildman–Crippen MR) is 56.4 cm³/mol. The fourth-order valence-corrected chi connectivity index (χ4v) is 1.26. The number of nitriles is 1. The molecule has 0 radical (unpaired) electrons. The van der Waals surface area contributed by atoms with Crippen molar-refractivity contribution in [3.05, 3.63) is 41.0 Å². The minimum Gasteiger partial charge on any atom is -0.392 e. The average Bonchev–Trinajstić information content (AvgIpc) is 2.20. The lowest BCUT2D eigenvalue weighted by Gasteiger charge is -2.02. The molecular formula is C12H13NO. The third kappa shape index (κ3) is 2.72. The second kappa shape index (κ2) is 5.21. The molecule has 0 saturated heterocycles. The monoisotopic (exact) mass is 187 g/mol. The zero-order valence-electron chi connectivity index (χ0n) is 8.20. The van der Waals surface area contributed by atoms with Crippen LogP contribution >= 0.6 is 0 Å². The first-order chi connectivity index (χ1) is 6.77. The summed E-state index contributed by atoms with van der Waals surface area (Å²) in [6.45, 7) is 2.06. The summed E-state index contributed by atoms with van der Waals surface area (Å²) in [5.41, 5.74) is 3.13. The standard InChI is InChI=1S/C12H13NO/c1-10-8-11(9-14)5-6-12(10)4-2-3-7-13/h2,4-6,8,14H,3,9H2,1H3. The van der Waals surface area contributed by atoms with Gasteiger partial charge in [-0.25, -0.2) is 0 Å². The van der Waals surface area contributed by atoms with Crippen LogP contribution < -0.4 is 0 Å². The molecule has 0 aliphatic rings. The molecule has 0 amide bonds. The van der Waals surface area contributed by atoms with Crippen LogP contribution in [0.4, 0.5) is 0 Å². The van der Waals surface area contributed by atoms with Crippen LogP contribution in [0.3, 0.4) is 0 Å². The Morgan fingerprint density at radius 1 is 1.50 bits per heavy atom. The van der Waals surface area contributed by atoms with Gasteiger partial charge in [-0.1, -0.05) is 30.4 Å². The van der Waals surface area contributed by atoms with Crippen molar-refractivity contribution >= 4 is 6.08 Å². The third-order valence-electron chi connectivity index (χ3n) is 2.02. The van der Waals surface area contributed by atoms with Crippen LogP contribution in [0, 0.1) is 18.3 Å². The van der Waals surface area contributed by atoms with Crippen LogP contribution in [0.25, 0.3) is 6.08 Å². The molecule has 1 aromatic carbocycles. The van der Waals surface area contributed by atoms with Gasteiger partial charge in [0.15, 0.2) is 0 Å². The van der Waals surface area contributed by atoms with Gasteiger partial charge < -0.3 is 5.11 Å². The summed E-state index contributed by atoms with van der Waals surface area (Å²) in [7, 11) is 0. The summed E-state index contributed by atoms with van der Waals surface area (Å²) in [6.07, 6.45) is 4.20. The lowest BCUT2D eigenvalue weighted by molar-refractivity contribution is 0.282. The Kier molecular flexibility index (Phi) is 3.90. The first kappa shape index (κ1) is 10.5. The lowest BCUT2D eigenvalue weighted by atomic mass is 10.0. The highest BCUT2D eigenvalue weighted by molar-refractivity contribution is 5.54. The van der Waals surface area contributed by atoms with Crippen molar-refractivity contribution in [2.45, 2.75) is 20.0 Å². The maximum Gasteiger partial charge on any atom is 0.0681 e. The molecule has 2 heteroatoms. The van der Waals surface area contributed by atoms with E-state index in [2.05, 4.69) is 6.07 Å². The van der Waals surface area contributed by atoms with Gasteiger partial charge in [0, 0.05) is 0 Å². The molecule has 0 spiro atoms. The number of aryl methyl sites for hydroxylation is 1. The van der Waals surface area contributed by atoms with E-state index < -0.39 is 0 Å². The fraction of sp³-hybridized carbons (Fsp3) is 0.250. The summed E-state index contributed by atoms with van der Waals surface area (Å²) < 4.78 is 0. The summed E-state index contributed by atoms with van der Waals surface area (Å²) >= 11 is 0. The maximum absolute atomic E-state index is 8.91. The quantitative estimate of drug-likeness (QED) is 0.789. The Labute approximate surface area is 84.1 Å². The third-order valence-corrected chi connectivity index (χ3v) is 2.02. The summed E-state index contributed by atoms with van der Waals surface area (Å²) in [5, 5.41) is 17.3. The molecule has 2 nitrogen and oxygen atoms in total. The van der Waals surface area contributed by atoms with Gasteiger partial charge in [0.1, 0.15) is 0 Å². The van der Waals surface area contributed by atoms with E-state index in [1.807, 2.05) is 37.3 Å². The van der Waals surface area contributed by atoms with Crippen molar-refractivity contribution in [3.8, 4) is 6.07 Å². The minimum atomic E-state index is 0.0725. The molecular weight excluding hydrogens is 174 g/mol. The van der Waals surface area contributed by atoms with Gasteiger partial charge in [0.25, 0.3) is 0 Å². The van der Waals surface area contributed by atoms with Crippen molar-refractivity contribution in [3.63, 3.8) is 0 Å². The first-order valence-electron chi connectivity index (χ1n) is 4.52. The zero-order valence-corrected chi connectivity index (χ0v) is 8.20. The van der Waals surface area contributed by atoms with Crippen molar-refractivity contribution in [2.24, 2.45) is 0 Å². The molecule has 0 atom stereocenters. The summed E-state index contributed by atoms with van der Waals surface area (Å²) in [4.78, 5) is 0. The van der Waals surface area contributed by atoms with Crippen molar-refractivity contribution in [1.29, 1.82) is 5.26 Å². The second-order valence-electron chi connectivity index (χ2n) is 3.11. The van der Waals surface area contributed by atoms with E-state index >= 15 is 0 Å². The number of hydrogen-bond donors (Lipinski definition) is 1. The summed E-state index contributed by atoms with van der Waals surface area (Å²) in [5.74, 6) is 0. The van der Waals surface area contributed by atoms with Crippen molar-refractivity contribution in [1.82, 2.24) is 0 Å². The highest BCUT2D eigenvalue weighted by Crippen LogP contribution is 2.12. The maximum atomic E-state index is 8.91. The molecule has 0 bridgehead atoms. The van der Waals surface area contributed by atoms with Crippen LogP contribution in [-0.2, 0) is 6.61 Å². The Morgan fingerprint density at radius 2 is 2.29 bits per heavy atom. The van der Waals surface area contributed by atoms with Crippen LogP contribution in [0.5, 0.6) is 0 Å². The smallest absolute Gasteiger partial charge is 0.0681 e. The van der Waals surface area contributed by atoms with Gasteiger partial charge in [-0.15, -0.1) is 0 Å². The first-order valence-corrected chi connectivity index (χ1v) is 4.52. The molecule has 0 aliphatic carbocycles. The van der Waals surface area contributed by atoms with E-state index in [-0.39, 0.29) is 6.61 Å². The predicted octanol–water partition coefficient (Wildman–Crippen LogP) is 2.41. The molecule has 1 N–H and O–H groups in total.